The molecule has 2 heterocycles. The molecule has 0 aliphatic carbocycles. The molecule has 0 amide bonds. The highest BCUT2D eigenvalue weighted by molar-refractivity contribution is 7.99. The van der Waals surface area contributed by atoms with Crippen LogP contribution in [0.1, 0.15) is 57.2 Å². The van der Waals surface area contributed by atoms with Crippen LogP contribution in [0.4, 0.5) is 10.3 Å². The fourth-order valence-electron chi connectivity index (χ4n) is 4.14. The molecule has 1 N–H and O–H groups in total. The van der Waals surface area contributed by atoms with E-state index < -0.39 is 17.8 Å². The number of ether oxygens (including phenoxy) is 3. The molecule has 39 heavy (non-hydrogen) atoms. The van der Waals surface area contributed by atoms with Gasteiger partial charge in [-0.05, 0) is 49.6 Å². The Labute approximate surface area is 236 Å². The molecule has 3 aromatic rings. The second kappa shape index (κ2) is 13.2. The second-order valence-electron chi connectivity index (χ2n) is 8.97. The number of thioether (sulfide) groups is 1. The predicted molar refractivity (Wildman–Crippen MR) is 150 cm³/mol. The van der Waals surface area contributed by atoms with Gasteiger partial charge in [0.05, 0.1) is 24.3 Å². The number of allylic oxidation sites excluding steroid dienone is 1. The van der Waals surface area contributed by atoms with Crippen LogP contribution in [-0.2, 0) is 16.1 Å². The van der Waals surface area contributed by atoms with Crippen LogP contribution < -0.4 is 14.8 Å². The summed E-state index contributed by atoms with van der Waals surface area (Å²) in [5.74, 6) is 1.36. The maximum atomic E-state index is 14.3. The Kier molecular flexibility index (Phi) is 9.74. The van der Waals surface area contributed by atoms with Crippen LogP contribution in [0.2, 0.25) is 5.02 Å². The lowest BCUT2D eigenvalue weighted by molar-refractivity contribution is -0.139. The first kappa shape index (κ1) is 28.8. The van der Waals surface area contributed by atoms with Crippen molar-refractivity contribution in [2.24, 2.45) is 0 Å². The molecular weight excluding hydrogens is 543 g/mol. The number of unbranched alkanes of at least 4 members (excludes halogenated alkanes) is 1. The van der Waals surface area contributed by atoms with Gasteiger partial charge in [0.1, 0.15) is 18.5 Å². The Morgan fingerprint density at radius 1 is 1.21 bits per heavy atom. The highest BCUT2D eigenvalue weighted by Crippen LogP contribution is 2.40. The number of aromatic nitrogens is 3. The van der Waals surface area contributed by atoms with Crippen LogP contribution in [0, 0.1) is 5.82 Å². The summed E-state index contributed by atoms with van der Waals surface area (Å²) in [5, 5.41) is 8.83. The topological polar surface area (TPSA) is 87.5 Å². The Morgan fingerprint density at radius 3 is 2.74 bits per heavy atom. The Bertz CT molecular complexity index is 1340. The van der Waals surface area contributed by atoms with Crippen molar-refractivity contribution >= 4 is 35.3 Å². The fourth-order valence-corrected chi connectivity index (χ4v) is 5.04. The number of carbonyl (C=O) groups is 1. The van der Waals surface area contributed by atoms with Crippen LogP contribution in [0.15, 0.2) is 52.8 Å². The van der Waals surface area contributed by atoms with Gasteiger partial charge in [-0.15, -0.1) is 5.10 Å². The first-order valence-corrected chi connectivity index (χ1v) is 14.2. The summed E-state index contributed by atoms with van der Waals surface area (Å²) in [4.78, 5) is 17.9. The van der Waals surface area contributed by atoms with Crippen LogP contribution in [-0.4, -0.2) is 40.2 Å². The SMILES string of the molecule is CCCCOC(=O)C1=C(C)Nc2nc(SCCC)nn2C1c1ccc(OCc2c(F)cccc2Cl)c(OC)c1. The van der Waals surface area contributed by atoms with Gasteiger partial charge in [0.25, 0.3) is 0 Å². The van der Waals surface area contributed by atoms with Crippen molar-refractivity contribution in [2.45, 2.75) is 57.8 Å². The van der Waals surface area contributed by atoms with Gasteiger partial charge in [-0.3, -0.25) is 0 Å². The molecular formula is C28H32ClFN4O4S. The van der Waals surface area contributed by atoms with E-state index in [4.69, 9.17) is 30.9 Å². The normalized spacial score (nSPS) is 14.6. The molecule has 0 spiro atoms. The molecule has 1 unspecified atom stereocenters. The number of anilines is 1. The van der Waals surface area contributed by atoms with Crippen molar-refractivity contribution < 1.29 is 23.4 Å². The number of nitrogens with zero attached hydrogens (tertiary/aromatic N) is 3. The summed E-state index contributed by atoms with van der Waals surface area (Å²) in [7, 11) is 1.52. The third kappa shape index (κ3) is 6.50. The van der Waals surface area contributed by atoms with Gasteiger partial charge >= 0.3 is 5.97 Å². The minimum Gasteiger partial charge on any atom is -0.493 e. The molecule has 0 saturated carbocycles. The molecule has 1 aliphatic rings. The minimum atomic E-state index is -0.609. The van der Waals surface area contributed by atoms with E-state index in [1.165, 1.54) is 13.2 Å². The molecule has 1 atom stereocenters. The van der Waals surface area contributed by atoms with E-state index in [2.05, 4.69) is 17.2 Å². The van der Waals surface area contributed by atoms with Crippen molar-refractivity contribution in [3.63, 3.8) is 0 Å². The highest BCUT2D eigenvalue weighted by atomic mass is 35.5. The third-order valence-electron chi connectivity index (χ3n) is 6.16. The van der Waals surface area contributed by atoms with Crippen LogP contribution in [0.25, 0.3) is 0 Å². The predicted octanol–water partition coefficient (Wildman–Crippen LogP) is 6.79. The molecule has 1 aromatic heterocycles. The lowest BCUT2D eigenvalue weighted by Crippen LogP contribution is -2.29. The molecule has 1 aliphatic heterocycles. The summed E-state index contributed by atoms with van der Waals surface area (Å²) >= 11 is 7.71. The van der Waals surface area contributed by atoms with Gasteiger partial charge in [-0.25, -0.2) is 13.9 Å². The molecule has 0 fully saturated rings. The standard InChI is InChI=1S/C28H32ClFN4O4S/c1-5-7-13-37-26(35)24-17(3)31-27-32-28(39-14-6-2)33-34(27)25(24)18-11-12-22(23(15-18)36-4)38-16-19-20(29)9-8-10-21(19)30/h8-12,15,25H,5-7,13-14,16H2,1-4H3,(H,31,32,33). The molecule has 2 aromatic carbocycles. The van der Waals surface area contributed by atoms with E-state index in [0.717, 1.165) is 30.6 Å². The van der Waals surface area contributed by atoms with Crippen molar-refractivity contribution in [2.75, 3.05) is 24.8 Å². The smallest absolute Gasteiger partial charge is 0.338 e. The summed E-state index contributed by atoms with van der Waals surface area (Å²) in [6.45, 7) is 6.21. The van der Waals surface area contributed by atoms with Gasteiger partial charge < -0.3 is 19.5 Å². The van der Waals surface area contributed by atoms with Crippen molar-refractivity contribution in [3.8, 4) is 11.5 Å². The van der Waals surface area contributed by atoms with E-state index in [9.17, 15) is 9.18 Å². The number of rotatable bonds is 12. The van der Waals surface area contributed by atoms with E-state index >= 15 is 0 Å². The van der Waals surface area contributed by atoms with Crippen molar-refractivity contribution in [3.05, 3.63) is 69.6 Å². The number of halogens is 2. The minimum absolute atomic E-state index is 0.0756. The summed E-state index contributed by atoms with van der Waals surface area (Å²) in [5.41, 5.74) is 2.06. The quantitative estimate of drug-likeness (QED) is 0.144. The maximum Gasteiger partial charge on any atom is 0.338 e. The third-order valence-corrected chi connectivity index (χ3v) is 7.55. The zero-order valence-electron chi connectivity index (χ0n) is 22.4. The van der Waals surface area contributed by atoms with Gasteiger partial charge in [0, 0.05) is 17.0 Å². The molecule has 0 bridgehead atoms. The molecule has 8 nitrogen and oxygen atoms in total. The van der Waals surface area contributed by atoms with E-state index in [1.807, 2.05) is 19.9 Å². The van der Waals surface area contributed by atoms with Crippen molar-refractivity contribution in [1.82, 2.24) is 14.8 Å². The Hall–Kier alpha value is -3.24. The number of carbonyl (C=O) groups excluding carboxylic acids is 1. The van der Waals surface area contributed by atoms with Gasteiger partial charge in [-0.1, -0.05) is 55.8 Å². The van der Waals surface area contributed by atoms with Crippen LogP contribution in [0.5, 0.6) is 11.5 Å². The number of hydrogen-bond acceptors (Lipinski definition) is 8. The lowest BCUT2D eigenvalue weighted by atomic mass is 9.95. The summed E-state index contributed by atoms with van der Waals surface area (Å²) < 4.78 is 33.1. The maximum absolute atomic E-state index is 14.3. The van der Waals surface area contributed by atoms with Gasteiger partial charge in [0.2, 0.25) is 11.1 Å². The number of benzene rings is 2. The monoisotopic (exact) mass is 574 g/mol. The summed E-state index contributed by atoms with van der Waals surface area (Å²) in [6.07, 6.45) is 2.66. The van der Waals surface area contributed by atoms with Gasteiger partial charge in [0.15, 0.2) is 11.5 Å². The first-order valence-electron chi connectivity index (χ1n) is 12.9. The largest absolute Gasteiger partial charge is 0.493 e. The lowest BCUT2D eigenvalue weighted by Gasteiger charge is -2.28. The Morgan fingerprint density at radius 2 is 2.03 bits per heavy atom. The highest BCUT2D eigenvalue weighted by Gasteiger charge is 2.35. The number of methoxy groups -OCH3 is 1. The average Bonchev–Trinajstić information content (AvgIpc) is 3.33. The Balaban J connectivity index is 1.70. The molecule has 11 heteroatoms. The van der Waals surface area contributed by atoms with Crippen LogP contribution in [0.3, 0.4) is 0 Å². The van der Waals surface area contributed by atoms with Crippen LogP contribution >= 0.6 is 23.4 Å². The first-order chi connectivity index (χ1) is 18.9. The number of hydrogen-bond donors (Lipinski definition) is 1. The number of fused-ring (bicyclic) bond motifs is 1. The molecule has 208 valence electrons. The number of esters is 1. The second-order valence-corrected chi connectivity index (χ2v) is 10.4. The average molecular weight is 575 g/mol. The summed E-state index contributed by atoms with van der Waals surface area (Å²) in [6, 6.07) is 9.21. The number of nitrogens with one attached hydrogen (secondary N) is 1. The molecule has 4 rings (SSSR count). The van der Waals surface area contributed by atoms with E-state index in [1.54, 1.807) is 40.7 Å². The molecule has 0 radical (unpaired) electrons. The zero-order valence-corrected chi connectivity index (χ0v) is 24.0. The van der Waals surface area contributed by atoms with E-state index in [-0.39, 0.29) is 17.2 Å². The van der Waals surface area contributed by atoms with E-state index in [0.29, 0.717) is 40.5 Å². The fraction of sp³-hybridized carbons (Fsp3) is 0.393. The zero-order chi connectivity index (χ0) is 27.9. The molecule has 0 saturated heterocycles. The van der Waals surface area contributed by atoms with Crippen molar-refractivity contribution in [1.29, 1.82) is 0 Å². The van der Waals surface area contributed by atoms with Gasteiger partial charge in [-0.2, -0.15) is 4.98 Å².